The van der Waals surface area contributed by atoms with E-state index in [4.69, 9.17) is 5.11 Å². The Hall–Kier alpha value is -0.380. The van der Waals surface area contributed by atoms with Crippen LogP contribution in [0.2, 0.25) is 0 Å². The Bertz CT molecular complexity index is 72.1. The van der Waals surface area contributed by atoms with Crippen LogP contribution in [0.1, 0.15) is 6.92 Å². The molecule has 0 saturated carbocycles. The number of aliphatic hydroxyl groups excluding tert-OH is 1. The molecule has 0 unspecified atom stereocenters. The molecule has 0 aliphatic heterocycles. The summed E-state index contributed by atoms with van der Waals surface area (Å²) < 4.78 is 0. The van der Waals surface area contributed by atoms with Gasteiger partial charge in [-0.15, -0.1) is 0 Å². The Balaban J connectivity index is 3.34. The molecule has 0 aliphatic carbocycles. The molecule has 3 N–H and O–H groups in total. The van der Waals surface area contributed by atoms with Gasteiger partial charge in [0.2, 0.25) is 0 Å². The van der Waals surface area contributed by atoms with Crippen LogP contribution in [0.15, 0.2) is 12.2 Å². The van der Waals surface area contributed by atoms with E-state index >= 15 is 0 Å². The standard InChI is InChI=1S/C4H9NO2/c1-3(2)4(6)7-5/h4,6H,1,5H2,2H3/t4-/m0/s1. The molecule has 1 atom stereocenters. The first-order chi connectivity index (χ1) is 3.18. The summed E-state index contributed by atoms with van der Waals surface area (Å²) >= 11 is 0. The fraction of sp³-hybridized carbons (Fsp3) is 0.500. The second-order valence-corrected chi connectivity index (χ2v) is 1.33. The van der Waals surface area contributed by atoms with Gasteiger partial charge < -0.3 is 5.11 Å². The van der Waals surface area contributed by atoms with E-state index in [0.717, 1.165) is 0 Å². The summed E-state index contributed by atoms with van der Waals surface area (Å²) in [5.41, 5.74) is 0.502. The van der Waals surface area contributed by atoms with Gasteiger partial charge in [0.05, 0.1) is 0 Å². The zero-order valence-corrected chi connectivity index (χ0v) is 4.22. The van der Waals surface area contributed by atoms with E-state index in [1.165, 1.54) is 0 Å². The largest absolute Gasteiger partial charge is 0.363 e. The Labute approximate surface area is 42.3 Å². The van der Waals surface area contributed by atoms with Crippen molar-refractivity contribution < 1.29 is 9.94 Å². The molecule has 0 aromatic rings. The van der Waals surface area contributed by atoms with Crippen molar-refractivity contribution in [3.63, 3.8) is 0 Å². The molecule has 7 heavy (non-hydrogen) atoms. The first-order valence-corrected chi connectivity index (χ1v) is 1.87. The normalized spacial score (nSPS) is 13.6. The fourth-order valence-electron chi connectivity index (χ4n) is 0.116. The van der Waals surface area contributed by atoms with Crippen molar-refractivity contribution in [1.82, 2.24) is 0 Å². The number of nitrogens with two attached hydrogens (primary N) is 1. The molecule has 0 aromatic heterocycles. The van der Waals surface area contributed by atoms with E-state index in [-0.39, 0.29) is 0 Å². The van der Waals surface area contributed by atoms with Crippen LogP contribution in [0.5, 0.6) is 0 Å². The highest BCUT2D eigenvalue weighted by Gasteiger charge is 1.98. The smallest absolute Gasteiger partial charge is 0.195 e. The average Bonchev–Trinajstić information content (AvgIpc) is 1.65. The molecule has 0 radical (unpaired) electrons. The van der Waals surface area contributed by atoms with Gasteiger partial charge in [-0.25, -0.2) is 5.90 Å². The van der Waals surface area contributed by atoms with Crippen molar-refractivity contribution in [2.24, 2.45) is 5.90 Å². The lowest BCUT2D eigenvalue weighted by Gasteiger charge is -2.03. The third-order valence-electron chi connectivity index (χ3n) is 0.550. The van der Waals surface area contributed by atoms with E-state index in [9.17, 15) is 0 Å². The minimum absolute atomic E-state index is 0.502. The van der Waals surface area contributed by atoms with Crippen LogP contribution in [-0.4, -0.2) is 11.4 Å². The van der Waals surface area contributed by atoms with Gasteiger partial charge in [0.15, 0.2) is 6.29 Å². The summed E-state index contributed by atoms with van der Waals surface area (Å²) in [4.78, 5) is 3.97. The van der Waals surface area contributed by atoms with Gasteiger partial charge in [-0.1, -0.05) is 6.58 Å². The predicted molar refractivity (Wildman–Crippen MR) is 26.1 cm³/mol. The first kappa shape index (κ1) is 6.62. The number of hydrogen-bond acceptors (Lipinski definition) is 3. The summed E-state index contributed by atoms with van der Waals surface area (Å²) in [5.74, 6) is 4.56. The molecule has 0 bridgehead atoms. The second kappa shape index (κ2) is 2.74. The second-order valence-electron chi connectivity index (χ2n) is 1.33. The highest BCUT2D eigenvalue weighted by atomic mass is 16.7. The maximum Gasteiger partial charge on any atom is 0.195 e. The number of aliphatic hydroxyl groups is 1. The zero-order valence-electron chi connectivity index (χ0n) is 4.22. The van der Waals surface area contributed by atoms with Gasteiger partial charge in [0, 0.05) is 0 Å². The summed E-state index contributed by atoms with van der Waals surface area (Å²) in [7, 11) is 0. The van der Waals surface area contributed by atoms with Crippen LogP contribution in [0.25, 0.3) is 0 Å². The third kappa shape index (κ3) is 2.33. The van der Waals surface area contributed by atoms with Crippen molar-refractivity contribution in [2.75, 3.05) is 0 Å². The van der Waals surface area contributed by atoms with Crippen LogP contribution < -0.4 is 5.90 Å². The van der Waals surface area contributed by atoms with Crippen molar-refractivity contribution >= 4 is 0 Å². The molecule has 0 aliphatic rings. The Morgan fingerprint density at radius 2 is 2.43 bits per heavy atom. The number of hydrogen-bond donors (Lipinski definition) is 2. The van der Waals surface area contributed by atoms with E-state index in [1.807, 2.05) is 0 Å². The van der Waals surface area contributed by atoms with Crippen LogP contribution in [0, 0.1) is 0 Å². The zero-order chi connectivity index (χ0) is 5.86. The molecule has 0 saturated heterocycles. The summed E-state index contributed by atoms with van der Waals surface area (Å²) in [5, 5.41) is 8.49. The van der Waals surface area contributed by atoms with Crippen LogP contribution in [0.4, 0.5) is 0 Å². The van der Waals surface area contributed by atoms with Gasteiger partial charge in [-0.2, -0.15) is 0 Å². The average molecular weight is 103 g/mol. The lowest BCUT2D eigenvalue weighted by Crippen LogP contribution is -2.16. The maximum atomic E-state index is 8.49. The SMILES string of the molecule is C=C(C)[C@@H](O)ON. The van der Waals surface area contributed by atoms with E-state index in [2.05, 4.69) is 17.3 Å². The first-order valence-electron chi connectivity index (χ1n) is 1.87. The van der Waals surface area contributed by atoms with E-state index in [0.29, 0.717) is 5.57 Å². The van der Waals surface area contributed by atoms with Crippen molar-refractivity contribution in [3.05, 3.63) is 12.2 Å². The summed E-state index contributed by atoms with van der Waals surface area (Å²) in [6.45, 7) is 4.99. The lowest BCUT2D eigenvalue weighted by atomic mass is 10.3. The van der Waals surface area contributed by atoms with Gasteiger partial charge in [-0.3, -0.25) is 4.84 Å². The minimum Gasteiger partial charge on any atom is -0.363 e. The Morgan fingerprint density at radius 3 is 2.43 bits per heavy atom. The fourth-order valence-corrected chi connectivity index (χ4v) is 0.116. The molecule has 0 rings (SSSR count). The monoisotopic (exact) mass is 103 g/mol. The van der Waals surface area contributed by atoms with Crippen LogP contribution in [-0.2, 0) is 4.84 Å². The highest BCUT2D eigenvalue weighted by molar-refractivity contribution is 4.90. The van der Waals surface area contributed by atoms with Crippen molar-refractivity contribution in [1.29, 1.82) is 0 Å². The third-order valence-corrected chi connectivity index (χ3v) is 0.550. The summed E-state index contributed by atoms with van der Waals surface area (Å²) in [6.07, 6.45) is -1.01. The highest BCUT2D eigenvalue weighted by Crippen LogP contribution is 1.93. The molecule has 0 amide bonds. The van der Waals surface area contributed by atoms with Gasteiger partial charge >= 0.3 is 0 Å². The van der Waals surface area contributed by atoms with Crippen LogP contribution in [0.3, 0.4) is 0 Å². The topological polar surface area (TPSA) is 55.5 Å². The number of rotatable bonds is 2. The maximum absolute atomic E-state index is 8.49. The molecular weight excluding hydrogens is 94.0 g/mol. The molecule has 3 nitrogen and oxygen atoms in total. The lowest BCUT2D eigenvalue weighted by molar-refractivity contribution is -0.0740. The molecule has 0 heterocycles. The summed E-state index contributed by atoms with van der Waals surface area (Å²) in [6, 6.07) is 0. The van der Waals surface area contributed by atoms with E-state index < -0.39 is 6.29 Å². The van der Waals surface area contributed by atoms with Crippen LogP contribution >= 0.6 is 0 Å². The molecule has 42 valence electrons. The minimum atomic E-state index is -1.01. The molecule has 0 fully saturated rings. The predicted octanol–water partition coefficient (Wildman–Crippen LogP) is -0.229. The Morgan fingerprint density at radius 1 is 2.00 bits per heavy atom. The molecule has 0 spiro atoms. The molecule has 3 heteroatoms. The quantitative estimate of drug-likeness (QED) is 0.288. The van der Waals surface area contributed by atoms with Crippen molar-refractivity contribution in [3.8, 4) is 0 Å². The van der Waals surface area contributed by atoms with Crippen molar-refractivity contribution in [2.45, 2.75) is 13.2 Å². The Kier molecular flexibility index (Phi) is 2.59. The van der Waals surface area contributed by atoms with Gasteiger partial charge in [0.25, 0.3) is 0 Å². The van der Waals surface area contributed by atoms with E-state index in [1.54, 1.807) is 6.92 Å². The van der Waals surface area contributed by atoms with Gasteiger partial charge in [0.1, 0.15) is 0 Å². The molecule has 0 aromatic carbocycles. The molecular formula is C4H9NO2. The van der Waals surface area contributed by atoms with Gasteiger partial charge in [-0.05, 0) is 12.5 Å².